The molecule has 4 rings (SSSR count). The number of carbonyl (C=O) groups is 1. The first kappa shape index (κ1) is 16.3. The van der Waals surface area contributed by atoms with E-state index in [1.54, 1.807) is 10.9 Å². The average molecular weight is 347 g/mol. The molecular weight excluding hydrogens is 326 g/mol. The second-order valence-electron chi connectivity index (χ2n) is 6.37. The van der Waals surface area contributed by atoms with Crippen LogP contribution in [-0.2, 0) is 7.05 Å². The molecule has 1 aromatic carbocycles. The summed E-state index contributed by atoms with van der Waals surface area (Å²) in [7, 11) is 1.87. The molecule has 132 valence electrons. The van der Waals surface area contributed by atoms with E-state index in [1.807, 2.05) is 66.5 Å². The Morgan fingerprint density at radius 3 is 2.38 bits per heavy atom. The SMILES string of the molecule is Cn1nc(C(=O)N2CCN(c3ccccn3)CC2)cc1-c1ccccc1. The van der Waals surface area contributed by atoms with E-state index in [2.05, 4.69) is 15.0 Å². The molecular formula is C20H21N5O. The van der Waals surface area contributed by atoms with E-state index in [0.29, 0.717) is 18.8 Å². The number of piperazine rings is 1. The summed E-state index contributed by atoms with van der Waals surface area (Å²) in [6.45, 7) is 2.90. The molecule has 1 saturated heterocycles. The Hall–Kier alpha value is -3.15. The van der Waals surface area contributed by atoms with E-state index in [4.69, 9.17) is 0 Å². The highest BCUT2D eigenvalue weighted by molar-refractivity contribution is 5.93. The van der Waals surface area contributed by atoms with Crippen LogP contribution in [0.15, 0.2) is 60.8 Å². The molecule has 0 aliphatic carbocycles. The number of carbonyl (C=O) groups excluding carboxylic acids is 1. The third-order valence-corrected chi connectivity index (χ3v) is 4.71. The Bertz CT molecular complexity index is 883. The lowest BCUT2D eigenvalue weighted by Crippen LogP contribution is -2.49. The summed E-state index contributed by atoms with van der Waals surface area (Å²) in [5.41, 5.74) is 2.50. The van der Waals surface area contributed by atoms with Crippen LogP contribution in [0, 0.1) is 0 Å². The van der Waals surface area contributed by atoms with Gasteiger partial charge in [0.1, 0.15) is 5.82 Å². The van der Waals surface area contributed by atoms with Gasteiger partial charge < -0.3 is 9.80 Å². The standard InChI is InChI=1S/C20H21N5O/c1-23-18(16-7-3-2-4-8-16)15-17(22-23)20(26)25-13-11-24(12-14-25)19-9-5-6-10-21-19/h2-10,15H,11-14H2,1H3. The van der Waals surface area contributed by atoms with E-state index in [0.717, 1.165) is 30.2 Å². The highest BCUT2D eigenvalue weighted by Gasteiger charge is 2.25. The van der Waals surface area contributed by atoms with E-state index in [9.17, 15) is 4.79 Å². The number of benzene rings is 1. The number of aryl methyl sites for hydroxylation is 1. The maximum Gasteiger partial charge on any atom is 0.274 e. The van der Waals surface area contributed by atoms with E-state index < -0.39 is 0 Å². The van der Waals surface area contributed by atoms with Crippen LogP contribution < -0.4 is 4.90 Å². The van der Waals surface area contributed by atoms with Crippen molar-refractivity contribution in [2.24, 2.45) is 7.05 Å². The zero-order valence-corrected chi connectivity index (χ0v) is 14.7. The minimum atomic E-state index is -0.0107. The van der Waals surface area contributed by atoms with Crippen LogP contribution in [0.25, 0.3) is 11.3 Å². The number of nitrogens with zero attached hydrogens (tertiary/aromatic N) is 5. The summed E-state index contributed by atoms with van der Waals surface area (Å²) in [6, 6.07) is 17.8. The zero-order chi connectivity index (χ0) is 17.9. The molecule has 1 amide bonds. The van der Waals surface area contributed by atoms with E-state index in [-0.39, 0.29) is 5.91 Å². The van der Waals surface area contributed by atoms with Gasteiger partial charge in [0, 0.05) is 39.4 Å². The van der Waals surface area contributed by atoms with Gasteiger partial charge in [-0.15, -0.1) is 0 Å². The monoisotopic (exact) mass is 347 g/mol. The van der Waals surface area contributed by atoms with Crippen molar-refractivity contribution in [1.82, 2.24) is 19.7 Å². The summed E-state index contributed by atoms with van der Waals surface area (Å²) in [5, 5.41) is 4.44. The molecule has 0 N–H and O–H groups in total. The van der Waals surface area contributed by atoms with Gasteiger partial charge in [0.25, 0.3) is 5.91 Å². The van der Waals surface area contributed by atoms with Gasteiger partial charge in [-0.1, -0.05) is 36.4 Å². The largest absolute Gasteiger partial charge is 0.353 e. The van der Waals surface area contributed by atoms with Crippen molar-refractivity contribution < 1.29 is 4.79 Å². The molecule has 3 aromatic rings. The molecule has 0 bridgehead atoms. The topological polar surface area (TPSA) is 54.3 Å². The molecule has 1 aliphatic rings. The number of rotatable bonds is 3. The molecule has 6 heteroatoms. The number of amides is 1. The molecule has 1 fully saturated rings. The Morgan fingerprint density at radius 1 is 0.962 bits per heavy atom. The molecule has 3 heterocycles. The molecule has 0 radical (unpaired) electrons. The summed E-state index contributed by atoms with van der Waals surface area (Å²) in [5.74, 6) is 0.951. The van der Waals surface area contributed by atoms with Crippen molar-refractivity contribution in [2.75, 3.05) is 31.1 Å². The Kier molecular flexibility index (Phi) is 4.39. The lowest BCUT2D eigenvalue weighted by atomic mass is 10.1. The maximum absolute atomic E-state index is 12.9. The van der Waals surface area contributed by atoms with Crippen LogP contribution in [-0.4, -0.2) is 51.8 Å². The average Bonchev–Trinajstić information content (AvgIpc) is 3.10. The molecule has 0 saturated carbocycles. The highest BCUT2D eigenvalue weighted by atomic mass is 16.2. The first-order valence-electron chi connectivity index (χ1n) is 8.77. The minimum Gasteiger partial charge on any atom is -0.353 e. The lowest BCUT2D eigenvalue weighted by Gasteiger charge is -2.35. The van der Waals surface area contributed by atoms with Crippen LogP contribution in [0.2, 0.25) is 0 Å². The lowest BCUT2D eigenvalue weighted by molar-refractivity contribution is 0.0740. The van der Waals surface area contributed by atoms with E-state index in [1.165, 1.54) is 0 Å². The second-order valence-corrected chi connectivity index (χ2v) is 6.37. The number of anilines is 1. The smallest absolute Gasteiger partial charge is 0.274 e. The van der Waals surface area contributed by atoms with Gasteiger partial charge in [0.15, 0.2) is 5.69 Å². The molecule has 26 heavy (non-hydrogen) atoms. The van der Waals surface area contributed by atoms with Gasteiger partial charge in [-0.2, -0.15) is 5.10 Å². The summed E-state index contributed by atoms with van der Waals surface area (Å²) in [6.07, 6.45) is 1.80. The normalized spacial score (nSPS) is 14.5. The molecule has 6 nitrogen and oxygen atoms in total. The number of pyridine rings is 1. The summed E-state index contributed by atoms with van der Waals surface area (Å²) < 4.78 is 1.77. The number of aromatic nitrogens is 3. The van der Waals surface area contributed by atoms with Crippen molar-refractivity contribution in [3.05, 3.63) is 66.5 Å². The number of hydrogen-bond donors (Lipinski definition) is 0. The third kappa shape index (κ3) is 3.18. The fourth-order valence-electron chi connectivity index (χ4n) is 3.29. The van der Waals surface area contributed by atoms with Crippen LogP contribution in [0.4, 0.5) is 5.82 Å². The maximum atomic E-state index is 12.9. The van der Waals surface area contributed by atoms with Gasteiger partial charge in [0.05, 0.1) is 5.69 Å². The van der Waals surface area contributed by atoms with Crippen LogP contribution in [0.5, 0.6) is 0 Å². The second kappa shape index (κ2) is 7.00. The quantitative estimate of drug-likeness (QED) is 0.730. The number of hydrogen-bond acceptors (Lipinski definition) is 4. The predicted octanol–water partition coefficient (Wildman–Crippen LogP) is 2.44. The third-order valence-electron chi connectivity index (χ3n) is 4.71. The Labute approximate surface area is 152 Å². The van der Waals surface area contributed by atoms with Crippen molar-refractivity contribution >= 4 is 11.7 Å². The van der Waals surface area contributed by atoms with Gasteiger partial charge in [0.2, 0.25) is 0 Å². The fourth-order valence-corrected chi connectivity index (χ4v) is 3.29. The van der Waals surface area contributed by atoms with Gasteiger partial charge in [-0.05, 0) is 23.8 Å². The van der Waals surface area contributed by atoms with Crippen molar-refractivity contribution in [3.63, 3.8) is 0 Å². The fraction of sp³-hybridized carbons (Fsp3) is 0.250. The van der Waals surface area contributed by atoms with Crippen LogP contribution >= 0.6 is 0 Å². The minimum absolute atomic E-state index is 0.0107. The Morgan fingerprint density at radius 2 is 1.69 bits per heavy atom. The van der Waals surface area contributed by atoms with Crippen LogP contribution in [0.3, 0.4) is 0 Å². The van der Waals surface area contributed by atoms with Gasteiger partial charge in [-0.3, -0.25) is 9.48 Å². The molecule has 0 spiro atoms. The first-order valence-corrected chi connectivity index (χ1v) is 8.77. The zero-order valence-electron chi connectivity index (χ0n) is 14.7. The van der Waals surface area contributed by atoms with Crippen LogP contribution in [0.1, 0.15) is 10.5 Å². The van der Waals surface area contributed by atoms with Crippen molar-refractivity contribution in [2.45, 2.75) is 0 Å². The Balaban J connectivity index is 1.46. The summed E-state index contributed by atoms with van der Waals surface area (Å²) >= 11 is 0. The molecule has 0 atom stereocenters. The van der Waals surface area contributed by atoms with E-state index >= 15 is 0 Å². The molecule has 0 unspecified atom stereocenters. The predicted molar refractivity (Wildman–Crippen MR) is 101 cm³/mol. The van der Waals surface area contributed by atoms with Gasteiger partial charge in [-0.25, -0.2) is 4.98 Å². The molecule has 1 aliphatic heterocycles. The van der Waals surface area contributed by atoms with Gasteiger partial charge >= 0.3 is 0 Å². The first-order chi connectivity index (χ1) is 12.7. The van der Waals surface area contributed by atoms with Crippen molar-refractivity contribution in [3.8, 4) is 11.3 Å². The summed E-state index contributed by atoms with van der Waals surface area (Å²) in [4.78, 5) is 21.3. The van der Waals surface area contributed by atoms with Crippen molar-refractivity contribution in [1.29, 1.82) is 0 Å². The highest BCUT2D eigenvalue weighted by Crippen LogP contribution is 2.21. The molecule has 2 aromatic heterocycles.